The zero-order valence-electron chi connectivity index (χ0n) is 43.5. The van der Waals surface area contributed by atoms with Gasteiger partial charge < -0.3 is 18.9 Å². The van der Waals surface area contributed by atoms with Crippen LogP contribution in [0.2, 0.25) is 15.1 Å². The summed E-state index contributed by atoms with van der Waals surface area (Å²) in [6, 6.07) is 51.3. The molecule has 0 saturated carbocycles. The van der Waals surface area contributed by atoms with E-state index in [9.17, 15) is 29.6 Å². The van der Waals surface area contributed by atoms with E-state index in [1.807, 2.05) is 38.1 Å². The Hall–Kier alpha value is -7.77. The molecule has 0 heterocycles. The number of halogens is 4. The van der Waals surface area contributed by atoms with E-state index in [-0.39, 0.29) is 19.9 Å². The topological polar surface area (TPSA) is 175 Å². The molecule has 0 spiro atoms. The van der Waals surface area contributed by atoms with Gasteiger partial charge in [0.05, 0.1) is 41.8 Å². The van der Waals surface area contributed by atoms with Crippen LogP contribution in [0.15, 0.2) is 198 Å². The van der Waals surface area contributed by atoms with Gasteiger partial charge in [0.25, 0.3) is 30.1 Å². The van der Waals surface area contributed by atoms with Crippen LogP contribution in [0, 0.1) is 19.7 Å². The molecule has 0 radical (unpaired) electrons. The lowest BCUT2D eigenvalue weighted by molar-refractivity contribution is 0.284. The van der Waals surface area contributed by atoms with Gasteiger partial charge in [-0.1, -0.05) is 127 Å². The number of rotatable bonds is 20. The second-order valence-electron chi connectivity index (χ2n) is 17.3. The molecule has 8 aromatic carbocycles. The van der Waals surface area contributed by atoms with Crippen molar-refractivity contribution in [3.05, 3.63) is 258 Å². The van der Waals surface area contributed by atoms with Gasteiger partial charge in [0, 0.05) is 32.9 Å². The predicted octanol–water partition coefficient (Wildman–Crippen LogP) is 15.8. The van der Waals surface area contributed by atoms with Gasteiger partial charge in [-0.15, -0.1) is 0 Å². The lowest BCUT2D eigenvalue weighted by atomic mass is 10.1. The summed E-state index contributed by atoms with van der Waals surface area (Å²) in [5.74, 6) is 1.79. The fraction of sp³-hybridized carbons (Fsp3) is 0.115. The summed E-state index contributed by atoms with van der Waals surface area (Å²) >= 11 is 17.7. The van der Waals surface area contributed by atoms with Crippen molar-refractivity contribution in [2.45, 2.75) is 34.5 Å². The SMILES string of the molecule is C.COc1ccc(NS(=O)(=O)/C=C/c2cccc(Cl)c2)cc1C.COc1ccc(NS(=O)(=O)/C=C/c2cccc(Cl)c2)cc1OCc1cccc(C)c1.O=S(=O)(/C=C/c1cccc(Cl)c1)Nc1cccc(OCc2cccc(F)c2)c1. The van der Waals surface area contributed by atoms with Crippen LogP contribution in [-0.2, 0) is 43.3 Å². The molecule has 3 N–H and O–H groups in total. The van der Waals surface area contributed by atoms with Crippen LogP contribution in [0.4, 0.5) is 21.5 Å². The Morgan fingerprint density at radius 1 is 0.444 bits per heavy atom. The third-order valence-corrected chi connectivity index (χ3v) is 14.6. The highest BCUT2D eigenvalue weighted by atomic mass is 35.5. The van der Waals surface area contributed by atoms with Crippen LogP contribution >= 0.6 is 34.8 Å². The second-order valence-corrected chi connectivity index (χ2v) is 23.3. The van der Waals surface area contributed by atoms with Crippen molar-refractivity contribution in [1.82, 2.24) is 0 Å². The number of nitrogens with one attached hydrogen (secondary N) is 3. The fourth-order valence-electron chi connectivity index (χ4n) is 7.13. The maximum absolute atomic E-state index is 13.2. The van der Waals surface area contributed by atoms with E-state index in [0.717, 1.165) is 32.9 Å². The van der Waals surface area contributed by atoms with E-state index >= 15 is 0 Å². The number of hydrogen-bond donors (Lipinski definition) is 3. The Bertz CT molecular complexity index is 3850. The van der Waals surface area contributed by atoms with Crippen molar-refractivity contribution >= 4 is 100 Å². The highest BCUT2D eigenvalue weighted by Gasteiger charge is 2.13. The minimum absolute atomic E-state index is 0. The van der Waals surface area contributed by atoms with Crippen LogP contribution in [0.1, 0.15) is 46.4 Å². The Balaban J connectivity index is 0.000000224. The lowest BCUT2D eigenvalue weighted by Crippen LogP contribution is -2.09. The smallest absolute Gasteiger partial charge is 0.255 e. The standard InChI is InChI=1S/C23H22ClNO4S.C21H17ClFNO3S.C16H16ClNO3S.CH4/c1-17-5-3-7-19(13-17)16-29-23-15-21(9-10-22(23)28-2)25-30(26,27)12-11-18-6-4-8-20(24)14-18;22-18-6-1-4-16(12-18)10-11-28(25,26)24-20-8-3-9-21(14-20)27-15-17-5-2-7-19(23)13-17;1-12-10-15(6-7-16(12)21-2)18-22(19,20)9-8-13-4-3-5-14(17)11-13;/h3-15,25H,16H2,1-2H3;1-14,24H,15H2;3-11,18H,1-2H3;1H4/b12-11+;11-10+;9-8+;. The van der Waals surface area contributed by atoms with Gasteiger partial charge in [0.15, 0.2) is 11.5 Å². The van der Waals surface area contributed by atoms with E-state index in [4.69, 9.17) is 53.8 Å². The van der Waals surface area contributed by atoms with E-state index in [1.165, 1.54) is 37.5 Å². The minimum atomic E-state index is -3.72. The molecule has 0 atom stereocenters. The van der Waals surface area contributed by atoms with Crippen molar-refractivity contribution in [3.8, 4) is 23.0 Å². The van der Waals surface area contributed by atoms with Gasteiger partial charge in [-0.05, 0) is 156 Å². The Morgan fingerprint density at radius 3 is 1.35 bits per heavy atom. The summed E-state index contributed by atoms with van der Waals surface area (Å²) in [5.41, 5.74) is 6.94. The van der Waals surface area contributed by atoms with Crippen LogP contribution in [0.25, 0.3) is 18.2 Å². The van der Waals surface area contributed by atoms with Gasteiger partial charge in [0.2, 0.25) is 0 Å². The van der Waals surface area contributed by atoms with Crippen LogP contribution in [0.3, 0.4) is 0 Å². The largest absolute Gasteiger partial charge is 0.496 e. The third kappa shape index (κ3) is 22.7. The summed E-state index contributed by atoms with van der Waals surface area (Å²) in [5, 5.41) is 4.88. The van der Waals surface area contributed by atoms with Crippen molar-refractivity contribution in [2.24, 2.45) is 0 Å². The van der Waals surface area contributed by atoms with Crippen molar-refractivity contribution in [1.29, 1.82) is 0 Å². The summed E-state index contributed by atoms with van der Waals surface area (Å²) in [6.45, 7) is 4.36. The highest BCUT2D eigenvalue weighted by molar-refractivity contribution is 7.96. The molecule has 0 aliphatic heterocycles. The Labute approximate surface area is 489 Å². The first-order chi connectivity index (χ1) is 38.1. The molecule has 8 rings (SSSR count). The number of anilines is 3. The fourth-order valence-corrected chi connectivity index (χ4v) is 10.3. The van der Waals surface area contributed by atoms with Crippen LogP contribution < -0.4 is 33.1 Å². The van der Waals surface area contributed by atoms with Crippen molar-refractivity contribution in [3.63, 3.8) is 0 Å². The first-order valence-electron chi connectivity index (χ1n) is 24.0. The molecule has 0 bridgehead atoms. The molecule has 424 valence electrons. The highest BCUT2D eigenvalue weighted by Crippen LogP contribution is 2.32. The zero-order chi connectivity index (χ0) is 57.7. The molecule has 0 aromatic heterocycles. The first kappa shape index (κ1) is 64.1. The molecule has 0 amide bonds. The molecule has 0 unspecified atom stereocenters. The number of methoxy groups -OCH3 is 2. The number of aryl methyl sites for hydroxylation is 2. The molecular weight excluding hydrogens is 1160 g/mol. The molecule has 0 saturated heterocycles. The molecule has 13 nitrogen and oxygen atoms in total. The first-order valence-corrected chi connectivity index (χ1v) is 29.8. The van der Waals surface area contributed by atoms with Gasteiger partial charge in [-0.2, -0.15) is 0 Å². The Kier molecular flexibility index (Phi) is 24.3. The zero-order valence-corrected chi connectivity index (χ0v) is 48.2. The summed E-state index contributed by atoms with van der Waals surface area (Å²) in [4.78, 5) is 0. The quantitative estimate of drug-likeness (QED) is 0.0666. The number of hydrogen-bond acceptors (Lipinski definition) is 10. The average molecular weight is 1220 g/mol. The maximum Gasteiger partial charge on any atom is 0.255 e. The molecule has 8 aromatic rings. The van der Waals surface area contributed by atoms with Crippen molar-refractivity contribution in [2.75, 3.05) is 28.4 Å². The van der Waals surface area contributed by atoms with E-state index in [1.54, 1.807) is 153 Å². The van der Waals surface area contributed by atoms with Crippen LogP contribution in [0.5, 0.6) is 23.0 Å². The third-order valence-electron chi connectivity index (χ3n) is 10.8. The molecular formula is C61H59Cl3FN3O10S3. The monoisotopic (exact) mass is 1210 g/mol. The molecule has 20 heteroatoms. The van der Waals surface area contributed by atoms with Gasteiger partial charge in [0.1, 0.15) is 30.5 Å². The maximum atomic E-state index is 13.2. The molecule has 81 heavy (non-hydrogen) atoms. The lowest BCUT2D eigenvalue weighted by Gasteiger charge is -2.13. The molecule has 0 aliphatic carbocycles. The summed E-state index contributed by atoms with van der Waals surface area (Å²) in [6.07, 6.45) is 4.43. The number of benzene rings is 8. The van der Waals surface area contributed by atoms with E-state index < -0.39 is 30.1 Å². The van der Waals surface area contributed by atoms with E-state index in [0.29, 0.717) is 84.0 Å². The normalized spacial score (nSPS) is 11.4. The molecule has 0 fully saturated rings. The van der Waals surface area contributed by atoms with Gasteiger partial charge >= 0.3 is 0 Å². The van der Waals surface area contributed by atoms with Crippen LogP contribution in [-0.4, -0.2) is 39.5 Å². The average Bonchev–Trinajstić information content (AvgIpc) is 3.41. The second kappa shape index (κ2) is 30.7. The van der Waals surface area contributed by atoms with Gasteiger partial charge in [-0.25, -0.2) is 29.6 Å². The Morgan fingerprint density at radius 2 is 0.877 bits per heavy atom. The van der Waals surface area contributed by atoms with Gasteiger partial charge in [-0.3, -0.25) is 14.2 Å². The number of ether oxygens (including phenoxy) is 4. The van der Waals surface area contributed by atoms with E-state index in [2.05, 4.69) is 14.2 Å². The van der Waals surface area contributed by atoms with Crippen molar-refractivity contribution < 1.29 is 48.6 Å². The molecule has 0 aliphatic rings. The summed E-state index contributed by atoms with van der Waals surface area (Å²) < 4.78 is 116. The predicted molar refractivity (Wildman–Crippen MR) is 329 cm³/mol. The minimum Gasteiger partial charge on any atom is -0.496 e. The summed E-state index contributed by atoms with van der Waals surface area (Å²) in [7, 11) is -7.93. The number of sulfonamides is 3.